The second-order valence-electron chi connectivity index (χ2n) is 5.73. The maximum Gasteiger partial charge on any atom is 0.326 e. The van der Waals surface area contributed by atoms with Gasteiger partial charge in [-0.25, -0.2) is 13.2 Å². The van der Waals surface area contributed by atoms with Crippen molar-refractivity contribution in [3.63, 3.8) is 0 Å². The summed E-state index contributed by atoms with van der Waals surface area (Å²) in [6, 6.07) is 2.38. The largest absolute Gasteiger partial charge is 0.480 e. The van der Waals surface area contributed by atoms with Crippen LogP contribution in [0.25, 0.3) is 0 Å². The number of nitrogens with one attached hydrogen (secondary N) is 1. The van der Waals surface area contributed by atoms with Crippen LogP contribution in [0.4, 0.5) is 11.4 Å². The highest BCUT2D eigenvalue weighted by Gasteiger charge is 2.28. The van der Waals surface area contributed by atoms with Gasteiger partial charge >= 0.3 is 5.97 Å². The van der Waals surface area contributed by atoms with Crippen molar-refractivity contribution in [2.45, 2.75) is 38.6 Å². The van der Waals surface area contributed by atoms with E-state index in [9.17, 15) is 28.4 Å². The number of carbonyl (C=O) groups is 1. The van der Waals surface area contributed by atoms with Gasteiger partial charge in [0.05, 0.1) is 9.82 Å². The van der Waals surface area contributed by atoms with Gasteiger partial charge in [-0.15, -0.1) is 0 Å². The summed E-state index contributed by atoms with van der Waals surface area (Å²) in [5.41, 5.74) is -0.523. The first kappa shape index (κ1) is 20.8. The second kappa shape index (κ2) is 8.26. The molecule has 140 valence electrons. The third kappa shape index (κ3) is 4.67. The molecule has 0 spiro atoms. The molecule has 1 rings (SSSR count). The molecule has 0 fully saturated rings. The minimum absolute atomic E-state index is 0.0374. The van der Waals surface area contributed by atoms with Crippen LogP contribution in [0.5, 0.6) is 0 Å². The molecule has 0 bridgehead atoms. The number of sulfonamides is 1. The van der Waals surface area contributed by atoms with Crippen LogP contribution in [-0.4, -0.2) is 47.9 Å². The maximum atomic E-state index is 12.5. The van der Waals surface area contributed by atoms with Crippen LogP contribution in [0, 0.1) is 16.0 Å². The first-order valence-corrected chi connectivity index (χ1v) is 9.28. The number of nitrogens with zero attached hydrogens (tertiary/aromatic N) is 2. The van der Waals surface area contributed by atoms with Crippen LogP contribution in [0.15, 0.2) is 23.1 Å². The topological polar surface area (TPSA) is 130 Å². The summed E-state index contributed by atoms with van der Waals surface area (Å²) in [5.74, 6) is -1.47. The van der Waals surface area contributed by atoms with E-state index in [2.05, 4.69) is 5.32 Å². The summed E-state index contributed by atoms with van der Waals surface area (Å²) in [7, 11) is -3.85. The average molecular weight is 373 g/mol. The van der Waals surface area contributed by atoms with E-state index in [4.69, 9.17) is 0 Å². The van der Waals surface area contributed by atoms with Crippen LogP contribution in [0.2, 0.25) is 0 Å². The predicted octanol–water partition coefficient (Wildman–Crippen LogP) is 2.15. The van der Waals surface area contributed by atoms with Gasteiger partial charge in [-0.2, -0.15) is 4.31 Å². The molecule has 1 aromatic carbocycles. The van der Waals surface area contributed by atoms with Crippen molar-refractivity contribution in [1.82, 2.24) is 4.31 Å². The molecule has 0 unspecified atom stereocenters. The van der Waals surface area contributed by atoms with Crippen LogP contribution < -0.4 is 5.32 Å². The highest BCUT2D eigenvalue weighted by atomic mass is 32.2. The summed E-state index contributed by atoms with van der Waals surface area (Å²) in [6.45, 7) is 7.15. The van der Waals surface area contributed by atoms with Crippen LogP contribution in [0.3, 0.4) is 0 Å². The van der Waals surface area contributed by atoms with Crippen LogP contribution >= 0.6 is 0 Å². The minimum atomic E-state index is -3.85. The number of aliphatic carboxylic acids is 1. The Balaban J connectivity index is 3.38. The zero-order valence-electron chi connectivity index (χ0n) is 14.6. The number of carboxylic acid groups (broad SMARTS) is 1. The molecule has 10 heteroatoms. The Morgan fingerprint density at radius 3 is 2.28 bits per heavy atom. The highest BCUT2D eigenvalue weighted by molar-refractivity contribution is 7.89. The summed E-state index contributed by atoms with van der Waals surface area (Å²) in [4.78, 5) is 21.7. The van der Waals surface area contributed by atoms with E-state index in [1.807, 2.05) is 0 Å². The standard InChI is InChI=1S/C15H23N3O6S/c1-5-17(6-2)25(23,24)11-7-8-12(13(9-11)18(21)22)16-14(10(3)4)15(19)20/h7-10,14,16H,5-6H2,1-4H3,(H,19,20)/t14-/m1/s1. The maximum absolute atomic E-state index is 12.5. The van der Waals surface area contributed by atoms with Crippen LogP contribution in [-0.2, 0) is 14.8 Å². The van der Waals surface area contributed by atoms with Gasteiger partial charge in [-0.05, 0) is 18.1 Å². The normalized spacial score (nSPS) is 13.0. The molecule has 1 atom stereocenters. The van der Waals surface area contributed by atoms with Gasteiger partial charge in [0.15, 0.2) is 0 Å². The first-order valence-electron chi connectivity index (χ1n) is 7.84. The molecule has 25 heavy (non-hydrogen) atoms. The van der Waals surface area contributed by atoms with Crippen molar-refractivity contribution in [3.05, 3.63) is 28.3 Å². The van der Waals surface area contributed by atoms with Crippen molar-refractivity contribution in [2.75, 3.05) is 18.4 Å². The molecule has 0 heterocycles. The molecule has 0 saturated carbocycles. The number of anilines is 1. The van der Waals surface area contributed by atoms with Crippen molar-refractivity contribution in [3.8, 4) is 0 Å². The summed E-state index contributed by atoms with van der Waals surface area (Å²) < 4.78 is 26.2. The Kier molecular flexibility index (Phi) is 6.88. The van der Waals surface area contributed by atoms with Crippen LogP contribution in [0.1, 0.15) is 27.7 Å². The molecule has 9 nitrogen and oxygen atoms in total. The minimum Gasteiger partial charge on any atom is -0.480 e. The molecule has 0 aliphatic rings. The van der Waals surface area contributed by atoms with E-state index in [0.717, 1.165) is 6.07 Å². The average Bonchev–Trinajstić information content (AvgIpc) is 2.52. The number of carboxylic acids is 1. The molecule has 2 N–H and O–H groups in total. The fourth-order valence-electron chi connectivity index (χ4n) is 2.34. The van der Waals surface area contributed by atoms with Gasteiger partial charge in [0.25, 0.3) is 5.69 Å². The van der Waals surface area contributed by atoms with Gasteiger partial charge in [0, 0.05) is 19.2 Å². The smallest absolute Gasteiger partial charge is 0.326 e. The molecular weight excluding hydrogens is 350 g/mol. The lowest BCUT2D eigenvalue weighted by atomic mass is 10.0. The molecule has 0 aliphatic carbocycles. The van der Waals surface area contributed by atoms with E-state index in [0.29, 0.717) is 0 Å². The van der Waals surface area contributed by atoms with Crippen molar-refractivity contribution >= 4 is 27.4 Å². The lowest BCUT2D eigenvalue weighted by Crippen LogP contribution is -2.34. The monoisotopic (exact) mass is 373 g/mol. The number of hydrogen-bond donors (Lipinski definition) is 2. The number of rotatable bonds is 9. The fourth-order valence-corrected chi connectivity index (χ4v) is 3.82. The number of nitro benzene ring substituents is 1. The van der Waals surface area contributed by atoms with Gasteiger partial charge in [0.1, 0.15) is 11.7 Å². The van der Waals surface area contributed by atoms with Gasteiger partial charge in [0.2, 0.25) is 10.0 Å². The lowest BCUT2D eigenvalue weighted by Gasteiger charge is -2.21. The predicted molar refractivity (Wildman–Crippen MR) is 93.1 cm³/mol. The zero-order chi connectivity index (χ0) is 19.4. The summed E-state index contributed by atoms with van der Waals surface area (Å²) in [5, 5.41) is 23.2. The number of benzene rings is 1. The van der Waals surface area contributed by atoms with Crippen molar-refractivity contribution in [1.29, 1.82) is 0 Å². The third-order valence-corrected chi connectivity index (χ3v) is 5.80. The van der Waals surface area contributed by atoms with Crippen molar-refractivity contribution in [2.24, 2.45) is 5.92 Å². The second-order valence-corrected chi connectivity index (χ2v) is 7.67. The molecular formula is C15H23N3O6S. The lowest BCUT2D eigenvalue weighted by molar-refractivity contribution is -0.384. The molecule has 0 aromatic heterocycles. The number of hydrogen-bond acceptors (Lipinski definition) is 6. The van der Waals surface area contributed by atoms with E-state index < -0.39 is 32.6 Å². The SMILES string of the molecule is CCN(CC)S(=O)(=O)c1ccc(N[C@@H](C(=O)O)C(C)C)c([N+](=O)[O-])c1. The Morgan fingerprint density at radius 2 is 1.88 bits per heavy atom. The number of nitro groups is 1. The molecule has 0 amide bonds. The van der Waals surface area contributed by atoms with Gasteiger partial charge < -0.3 is 10.4 Å². The highest BCUT2D eigenvalue weighted by Crippen LogP contribution is 2.30. The first-order chi connectivity index (χ1) is 11.6. The molecule has 0 radical (unpaired) electrons. The summed E-state index contributed by atoms with van der Waals surface area (Å²) >= 11 is 0. The third-order valence-electron chi connectivity index (χ3n) is 3.75. The fraction of sp³-hybridized carbons (Fsp3) is 0.533. The van der Waals surface area contributed by atoms with E-state index in [-0.39, 0.29) is 29.6 Å². The van der Waals surface area contributed by atoms with Gasteiger partial charge in [-0.3, -0.25) is 10.1 Å². The van der Waals surface area contributed by atoms with E-state index in [1.165, 1.54) is 16.4 Å². The Hall–Kier alpha value is -2.20. The quantitative estimate of drug-likeness (QED) is 0.501. The van der Waals surface area contributed by atoms with E-state index in [1.54, 1.807) is 27.7 Å². The molecule has 1 aromatic rings. The Labute approximate surface area is 146 Å². The molecule has 0 saturated heterocycles. The van der Waals surface area contributed by atoms with Crippen molar-refractivity contribution < 1.29 is 23.2 Å². The van der Waals surface area contributed by atoms with Gasteiger partial charge in [-0.1, -0.05) is 27.7 Å². The Morgan fingerprint density at radius 1 is 1.32 bits per heavy atom. The Bertz CT molecular complexity index is 744. The van der Waals surface area contributed by atoms with E-state index >= 15 is 0 Å². The summed E-state index contributed by atoms with van der Waals surface area (Å²) in [6.07, 6.45) is 0. The zero-order valence-corrected chi connectivity index (χ0v) is 15.4. The molecule has 0 aliphatic heterocycles.